The number of carbonyl (C=O) groups is 1. The topological polar surface area (TPSA) is 41.6 Å². The normalized spacial score (nSPS) is 23.1. The van der Waals surface area contributed by atoms with E-state index in [0.29, 0.717) is 12.0 Å². The van der Waals surface area contributed by atoms with Crippen LogP contribution in [0.3, 0.4) is 0 Å². The molecule has 0 unspecified atom stereocenters. The van der Waals surface area contributed by atoms with E-state index in [1.54, 1.807) is 0 Å². The monoisotopic (exact) mass is 254 g/mol. The molecule has 2 fully saturated rings. The number of unbranched alkanes of at least 4 members (excludes halogenated alkanes) is 1. The fourth-order valence-corrected chi connectivity index (χ4v) is 3.02. The summed E-state index contributed by atoms with van der Waals surface area (Å²) >= 11 is 0. The summed E-state index contributed by atoms with van der Waals surface area (Å²) in [6, 6.07) is 0. The van der Waals surface area contributed by atoms with Crippen molar-refractivity contribution < 1.29 is 9.53 Å². The second-order valence-corrected chi connectivity index (χ2v) is 5.74. The molecule has 104 valence electrons. The van der Waals surface area contributed by atoms with E-state index in [4.69, 9.17) is 4.74 Å². The zero-order valence-corrected chi connectivity index (χ0v) is 11.5. The second kappa shape index (κ2) is 6.41. The Balaban J connectivity index is 1.73. The Morgan fingerprint density at radius 3 is 2.72 bits per heavy atom. The van der Waals surface area contributed by atoms with E-state index in [2.05, 4.69) is 12.2 Å². The first-order valence-electron chi connectivity index (χ1n) is 7.38. The van der Waals surface area contributed by atoms with Gasteiger partial charge in [-0.15, -0.1) is 0 Å². The Labute approximate surface area is 110 Å². The summed E-state index contributed by atoms with van der Waals surface area (Å²) in [6.45, 7) is 6.70. The van der Waals surface area contributed by atoms with Crippen molar-refractivity contribution in [3.05, 3.63) is 0 Å². The van der Waals surface area contributed by atoms with Crippen LogP contribution in [-0.4, -0.2) is 43.8 Å². The van der Waals surface area contributed by atoms with Crippen LogP contribution in [0.5, 0.6) is 0 Å². The Bertz CT molecular complexity index is 265. The first-order valence-corrected chi connectivity index (χ1v) is 7.38. The molecule has 4 heteroatoms. The van der Waals surface area contributed by atoms with Crippen LogP contribution in [0.4, 0.5) is 4.79 Å². The maximum absolute atomic E-state index is 11.8. The number of rotatable bonds is 3. The summed E-state index contributed by atoms with van der Waals surface area (Å²) in [5, 5.41) is 3.50. The van der Waals surface area contributed by atoms with Crippen molar-refractivity contribution in [1.29, 1.82) is 0 Å². The van der Waals surface area contributed by atoms with Crippen LogP contribution in [0.25, 0.3) is 0 Å². The van der Waals surface area contributed by atoms with E-state index in [0.717, 1.165) is 51.9 Å². The Morgan fingerprint density at radius 1 is 1.33 bits per heavy atom. The number of nitrogens with zero attached hydrogens (tertiary/aromatic N) is 1. The third-order valence-electron chi connectivity index (χ3n) is 4.37. The van der Waals surface area contributed by atoms with Gasteiger partial charge < -0.3 is 15.0 Å². The van der Waals surface area contributed by atoms with Gasteiger partial charge in [0.1, 0.15) is 0 Å². The van der Waals surface area contributed by atoms with Crippen molar-refractivity contribution in [2.24, 2.45) is 5.41 Å². The van der Waals surface area contributed by atoms with Gasteiger partial charge in [0.2, 0.25) is 0 Å². The van der Waals surface area contributed by atoms with Crippen molar-refractivity contribution in [3.8, 4) is 0 Å². The Morgan fingerprint density at radius 2 is 2.11 bits per heavy atom. The molecule has 0 aromatic rings. The van der Waals surface area contributed by atoms with Gasteiger partial charge in [0, 0.05) is 19.6 Å². The lowest BCUT2D eigenvalue weighted by molar-refractivity contribution is 0.0542. The van der Waals surface area contributed by atoms with Crippen molar-refractivity contribution in [2.75, 3.05) is 32.8 Å². The van der Waals surface area contributed by atoms with E-state index < -0.39 is 0 Å². The SMILES string of the molecule is CCCCOC(=O)N1CCC2(CCCNC2)CC1. The number of likely N-dealkylation sites (tertiary alicyclic amines) is 1. The highest BCUT2D eigenvalue weighted by molar-refractivity contribution is 5.67. The Kier molecular flexibility index (Phi) is 4.87. The molecule has 1 spiro atoms. The maximum atomic E-state index is 11.8. The van der Waals surface area contributed by atoms with Gasteiger partial charge in [0.15, 0.2) is 0 Å². The van der Waals surface area contributed by atoms with Crippen molar-refractivity contribution in [2.45, 2.75) is 45.4 Å². The van der Waals surface area contributed by atoms with Crippen LogP contribution < -0.4 is 5.32 Å². The molecule has 0 saturated carbocycles. The third-order valence-corrected chi connectivity index (χ3v) is 4.37. The second-order valence-electron chi connectivity index (χ2n) is 5.74. The highest BCUT2D eigenvalue weighted by Crippen LogP contribution is 2.37. The number of piperidine rings is 2. The standard InChI is InChI=1S/C14H26N2O2/c1-2-3-11-18-13(17)16-9-6-14(7-10-16)5-4-8-15-12-14/h15H,2-12H2,1H3. The number of ether oxygens (including phenoxy) is 1. The summed E-state index contributed by atoms with van der Waals surface area (Å²) in [6.07, 6.45) is 6.78. The molecule has 2 aliphatic heterocycles. The summed E-state index contributed by atoms with van der Waals surface area (Å²) in [5.41, 5.74) is 0.457. The van der Waals surface area contributed by atoms with Gasteiger partial charge in [-0.1, -0.05) is 13.3 Å². The summed E-state index contributed by atoms with van der Waals surface area (Å²) in [7, 11) is 0. The smallest absolute Gasteiger partial charge is 0.409 e. The number of carbonyl (C=O) groups excluding carboxylic acids is 1. The quantitative estimate of drug-likeness (QED) is 0.786. The van der Waals surface area contributed by atoms with E-state index in [1.807, 2.05) is 4.90 Å². The summed E-state index contributed by atoms with van der Waals surface area (Å²) in [4.78, 5) is 13.7. The molecule has 0 atom stereocenters. The lowest BCUT2D eigenvalue weighted by Gasteiger charge is -2.44. The third kappa shape index (κ3) is 3.37. The minimum Gasteiger partial charge on any atom is -0.449 e. The maximum Gasteiger partial charge on any atom is 0.409 e. The molecule has 2 aliphatic rings. The molecular weight excluding hydrogens is 228 g/mol. The molecule has 2 heterocycles. The van der Waals surface area contributed by atoms with E-state index in [-0.39, 0.29) is 6.09 Å². The van der Waals surface area contributed by atoms with Crippen LogP contribution in [0.1, 0.15) is 45.4 Å². The number of amides is 1. The molecule has 1 N–H and O–H groups in total. The van der Waals surface area contributed by atoms with E-state index in [1.165, 1.54) is 12.8 Å². The van der Waals surface area contributed by atoms with Crippen LogP contribution in [0.2, 0.25) is 0 Å². The first kappa shape index (κ1) is 13.7. The van der Waals surface area contributed by atoms with Gasteiger partial charge in [-0.25, -0.2) is 4.79 Å². The molecule has 0 aromatic carbocycles. The van der Waals surface area contributed by atoms with Crippen LogP contribution in [-0.2, 0) is 4.74 Å². The molecule has 0 radical (unpaired) electrons. The van der Waals surface area contributed by atoms with Crippen LogP contribution in [0, 0.1) is 5.41 Å². The molecule has 2 saturated heterocycles. The number of nitrogens with one attached hydrogen (secondary N) is 1. The zero-order valence-electron chi connectivity index (χ0n) is 11.5. The van der Waals surface area contributed by atoms with Gasteiger partial charge in [-0.05, 0) is 44.1 Å². The fourth-order valence-electron chi connectivity index (χ4n) is 3.02. The van der Waals surface area contributed by atoms with E-state index in [9.17, 15) is 4.79 Å². The van der Waals surface area contributed by atoms with Crippen molar-refractivity contribution in [1.82, 2.24) is 10.2 Å². The molecule has 4 nitrogen and oxygen atoms in total. The largest absolute Gasteiger partial charge is 0.449 e. The lowest BCUT2D eigenvalue weighted by atomic mass is 9.73. The predicted molar refractivity (Wildman–Crippen MR) is 71.6 cm³/mol. The van der Waals surface area contributed by atoms with Gasteiger partial charge in [-0.2, -0.15) is 0 Å². The molecule has 0 bridgehead atoms. The minimum absolute atomic E-state index is 0.109. The van der Waals surface area contributed by atoms with Gasteiger partial charge in [0.05, 0.1) is 6.61 Å². The van der Waals surface area contributed by atoms with Gasteiger partial charge in [-0.3, -0.25) is 0 Å². The lowest BCUT2D eigenvalue weighted by Crippen LogP contribution is -2.49. The molecule has 0 aromatic heterocycles. The molecule has 2 rings (SSSR count). The van der Waals surface area contributed by atoms with Gasteiger partial charge in [0.25, 0.3) is 0 Å². The number of hydrogen-bond donors (Lipinski definition) is 1. The fraction of sp³-hybridized carbons (Fsp3) is 0.929. The summed E-state index contributed by atoms with van der Waals surface area (Å²) < 4.78 is 5.27. The molecule has 0 aliphatic carbocycles. The first-order chi connectivity index (χ1) is 8.76. The Hall–Kier alpha value is -0.770. The number of hydrogen-bond acceptors (Lipinski definition) is 3. The minimum atomic E-state index is -0.109. The van der Waals surface area contributed by atoms with Crippen LogP contribution in [0.15, 0.2) is 0 Å². The van der Waals surface area contributed by atoms with E-state index >= 15 is 0 Å². The average molecular weight is 254 g/mol. The predicted octanol–water partition coefficient (Wildman–Crippen LogP) is 2.39. The highest BCUT2D eigenvalue weighted by atomic mass is 16.6. The van der Waals surface area contributed by atoms with Crippen molar-refractivity contribution in [3.63, 3.8) is 0 Å². The molecule has 18 heavy (non-hydrogen) atoms. The van der Waals surface area contributed by atoms with Gasteiger partial charge >= 0.3 is 6.09 Å². The summed E-state index contributed by atoms with van der Waals surface area (Å²) in [5.74, 6) is 0. The van der Waals surface area contributed by atoms with Crippen molar-refractivity contribution >= 4 is 6.09 Å². The zero-order chi connectivity index (χ0) is 12.8. The molecular formula is C14H26N2O2. The highest BCUT2D eigenvalue weighted by Gasteiger charge is 2.37. The van der Waals surface area contributed by atoms with Crippen LogP contribution >= 0.6 is 0 Å². The average Bonchev–Trinajstić information content (AvgIpc) is 2.41. The molecule has 1 amide bonds.